The Hall–Kier alpha value is -1.93. The van der Waals surface area contributed by atoms with E-state index < -0.39 is 11.8 Å². The van der Waals surface area contributed by atoms with Crippen LogP contribution in [0.15, 0.2) is 35.8 Å². The summed E-state index contributed by atoms with van der Waals surface area (Å²) in [7, 11) is 0. The number of alkyl halides is 3. The van der Waals surface area contributed by atoms with E-state index in [4.69, 9.17) is 0 Å². The van der Waals surface area contributed by atoms with Crippen LogP contribution in [0.1, 0.15) is 72.3 Å². The first-order chi connectivity index (χ1) is 14.2. The van der Waals surface area contributed by atoms with Gasteiger partial charge in [0.15, 0.2) is 5.60 Å². The number of benzene rings is 1. The minimum atomic E-state index is -4.78. The summed E-state index contributed by atoms with van der Waals surface area (Å²) in [6.45, 7) is 0.723. The second-order valence-corrected chi connectivity index (χ2v) is 9.39. The van der Waals surface area contributed by atoms with Crippen LogP contribution in [0, 0.1) is 0 Å². The number of thiazole rings is 1. The molecule has 162 valence electrons. The van der Waals surface area contributed by atoms with Gasteiger partial charge in [0.25, 0.3) is 5.91 Å². The highest BCUT2D eigenvalue weighted by Crippen LogP contribution is 2.41. The highest BCUT2D eigenvalue weighted by molar-refractivity contribution is 7.09. The number of aromatic nitrogens is 1. The van der Waals surface area contributed by atoms with Gasteiger partial charge in [0.2, 0.25) is 0 Å². The number of aliphatic hydroxyl groups is 1. The number of hydrogen-bond donors (Lipinski definition) is 1. The zero-order valence-corrected chi connectivity index (χ0v) is 17.5. The second-order valence-electron chi connectivity index (χ2n) is 8.47. The van der Waals surface area contributed by atoms with Gasteiger partial charge in [-0.25, -0.2) is 4.98 Å². The fourth-order valence-corrected chi connectivity index (χ4v) is 5.08. The van der Waals surface area contributed by atoms with Gasteiger partial charge in [-0.15, -0.1) is 11.3 Å². The second kappa shape index (κ2) is 7.96. The average molecular weight is 439 g/mol. The van der Waals surface area contributed by atoms with Crippen LogP contribution in [-0.2, 0) is 5.60 Å². The summed E-state index contributed by atoms with van der Waals surface area (Å²) in [5.41, 5.74) is -2.85. The lowest BCUT2D eigenvalue weighted by Crippen LogP contribution is -2.43. The molecule has 0 radical (unpaired) electrons. The molecule has 30 heavy (non-hydrogen) atoms. The van der Waals surface area contributed by atoms with Crippen molar-refractivity contribution in [2.75, 3.05) is 0 Å². The fraction of sp³-hybridized carbons (Fsp3) is 0.545. The highest BCUT2D eigenvalue weighted by Gasteiger charge is 2.51. The Labute approximate surface area is 177 Å². The Morgan fingerprint density at radius 1 is 1.07 bits per heavy atom. The largest absolute Gasteiger partial charge is 0.421 e. The maximum absolute atomic E-state index is 13.2. The van der Waals surface area contributed by atoms with Crippen molar-refractivity contribution < 1.29 is 23.1 Å². The summed E-state index contributed by atoms with van der Waals surface area (Å²) >= 11 is 1.67. The van der Waals surface area contributed by atoms with E-state index in [9.17, 15) is 23.1 Å². The summed E-state index contributed by atoms with van der Waals surface area (Å²) in [6, 6.07) is 5.57. The lowest BCUT2D eigenvalue weighted by atomic mass is 9.85. The minimum Gasteiger partial charge on any atom is -0.376 e. The zero-order valence-electron chi connectivity index (χ0n) is 16.7. The maximum atomic E-state index is 13.2. The Kier molecular flexibility index (Phi) is 5.66. The number of hydrogen-bond acceptors (Lipinski definition) is 4. The van der Waals surface area contributed by atoms with Gasteiger partial charge in [0.05, 0.1) is 5.01 Å². The molecule has 0 unspecified atom stereocenters. The van der Waals surface area contributed by atoms with Crippen molar-refractivity contribution >= 4 is 17.2 Å². The van der Waals surface area contributed by atoms with E-state index in [1.807, 2.05) is 16.5 Å². The first-order valence-electron chi connectivity index (χ1n) is 10.3. The Morgan fingerprint density at radius 2 is 1.63 bits per heavy atom. The van der Waals surface area contributed by atoms with Gasteiger partial charge in [-0.2, -0.15) is 13.2 Å². The summed E-state index contributed by atoms with van der Waals surface area (Å²) in [5, 5.41) is 13.0. The molecule has 4 rings (SSSR count). The van der Waals surface area contributed by atoms with Crippen LogP contribution in [0.2, 0.25) is 0 Å². The third-order valence-electron chi connectivity index (χ3n) is 6.31. The lowest BCUT2D eigenvalue weighted by Gasteiger charge is -2.37. The number of carbonyl (C=O) groups is 1. The molecule has 1 N–H and O–H groups in total. The number of carbonyl (C=O) groups excluding carboxylic acids is 1. The molecule has 0 aliphatic heterocycles. The van der Waals surface area contributed by atoms with E-state index >= 15 is 0 Å². The van der Waals surface area contributed by atoms with E-state index in [-0.39, 0.29) is 23.6 Å². The molecule has 0 spiro atoms. The first kappa shape index (κ1) is 21.3. The smallest absolute Gasteiger partial charge is 0.376 e. The molecule has 0 bridgehead atoms. The molecule has 1 atom stereocenters. The van der Waals surface area contributed by atoms with Gasteiger partial charge in [0.1, 0.15) is 0 Å². The van der Waals surface area contributed by atoms with Gasteiger partial charge in [-0.3, -0.25) is 4.79 Å². The van der Waals surface area contributed by atoms with Gasteiger partial charge >= 0.3 is 6.18 Å². The van der Waals surface area contributed by atoms with Crippen LogP contribution in [-0.4, -0.2) is 39.2 Å². The molecule has 1 heterocycles. The Morgan fingerprint density at radius 3 is 2.10 bits per heavy atom. The van der Waals surface area contributed by atoms with Gasteiger partial charge in [-0.05, 0) is 63.1 Å². The van der Waals surface area contributed by atoms with Crippen molar-refractivity contribution in [1.29, 1.82) is 0 Å². The number of rotatable bonds is 5. The van der Waals surface area contributed by atoms with Crippen LogP contribution < -0.4 is 0 Å². The zero-order chi connectivity index (χ0) is 21.5. The molecule has 1 aromatic carbocycles. The van der Waals surface area contributed by atoms with Crippen LogP contribution in [0.25, 0.3) is 0 Å². The van der Waals surface area contributed by atoms with E-state index in [1.165, 1.54) is 24.3 Å². The first-order valence-corrected chi connectivity index (χ1v) is 11.2. The molecule has 0 saturated heterocycles. The SMILES string of the molecule is C[C@](O)(c1ccc(C(=O)N(C2CC2)[C@H]2CC[C@H](c3nccs3)CC2)cc1)C(F)(F)F. The predicted molar refractivity (Wildman–Crippen MR) is 108 cm³/mol. The molecule has 2 aromatic rings. The Bertz CT molecular complexity index is 869. The lowest BCUT2D eigenvalue weighted by molar-refractivity contribution is -0.258. The third-order valence-corrected chi connectivity index (χ3v) is 7.25. The number of halogens is 3. The topological polar surface area (TPSA) is 53.4 Å². The molecule has 2 aliphatic carbocycles. The molecule has 2 saturated carbocycles. The van der Waals surface area contributed by atoms with E-state index in [2.05, 4.69) is 4.98 Å². The highest BCUT2D eigenvalue weighted by atomic mass is 32.1. The van der Waals surface area contributed by atoms with E-state index in [0.717, 1.165) is 50.5 Å². The standard InChI is InChI=1S/C22H25F3N2O2S/c1-21(29,22(23,24)25)16-6-2-15(3-7-16)20(28)27(18-10-11-18)17-8-4-14(5-9-17)19-26-12-13-30-19/h2-3,6-7,12-14,17-18,29H,4-5,8-11H2,1H3/t14-,17-,21-/m0/s1. The summed E-state index contributed by atoms with van der Waals surface area (Å²) in [4.78, 5) is 19.6. The number of nitrogens with zero attached hydrogens (tertiary/aromatic N) is 2. The van der Waals surface area contributed by atoms with Crippen LogP contribution in [0.4, 0.5) is 13.2 Å². The van der Waals surface area contributed by atoms with Gasteiger partial charge < -0.3 is 10.0 Å². The third kappa shape index (κ3) is 4.12. The van der Waals surface area contributed by atoms with Crippen molar-refractivity contribution in [3.63, 3.8) is 0 Å². The van der Waals surface area contributed by atoms with Gasteiger partial charge in [0, 0.05) is 35.1 Å². The van der Waals surface area contributed by atoms with Crippen molar-refractivity contribution in [2.45, 2.75) is 75.2 Å². The maximum Gasteiger partial charge on any atom is 0.421 e. The monoisotopic (exact) mass is 438 g/mol. The predicted octanol–water partition coefficient (Wildman–Crippen LogP) is 5.24. The Balaban J connectivity index is 1.47. The summed E-state index contributed by atoms with van der Waals surface area (Å²) in [5.74, 6) is 0.315. The number of amides is 1. The van der Waals surface area contributed by atoms with E-state index in [0.29, 0.717) is 11.5 Å². The van der Waals surface area contributed by atoms with Gasteiger partial charge in [-0.1, -0.05) is 12.1 Å². The van der Waals surface area contributed by atoms with Crippen molar-refractivity contribution in [3.05, 3.63) is 52.0 Å². The summed E-state index contributed by atoms with van der Waals surface area (Å²) in [6.07, 6.45) is 2.78. The van der Waals surface area contributed by atoms with Crippen molar-refractivity contribution in [3.8, 4) is 0 Å². The van der Waals surface area contributed by atoms with E-state index in [1.54, 1.807) is 11.3 Å². The summed E-state index contributed by atoms with van der Waals surface area (Å²) < 4.78 is 39.2. The molecule has 1 aromatic heterocycles. The molecule has 1 amide bonds. The van der Waals surface area contributed by atoms with Crippen LogP contribution in [0.3, 0.4) is 0 Å². The normalized spacial score (nSPS) is 24.3. The molecular weight excluding hydrogens is 413 g/mol. The molecule has 2 aliphatic rings. The molecule has 2 fully saturated rings. The molecular formula is C22H25F3N2O2S. The van der Waals surface area contributed by atoms with Crippen LogP contribution >= 0.6 is 11.3 Å². The van der Waals surface area contributed by atoms with Crippen molar-refractivity contribution in [2.24, 2.45) is 0 Å². The van der Waals surface area contributed by atoms with Crippen LogP contribution in [0.5, 0.6) is 0 Å². The average Bonchev–Trinajstić information content (AvgIpc) is 3.39. The molecule has 8 heteroatoms. The fourth-order valence-electron chi connectivity index (χ4n) is 4.27. The van der Waals surface area contributed by atoms with Crippen molar-refractivity contribution in [1.82, 2.24) is 9.88 Å². The minimum absolute atomic E-state index is 0.131. The molecule has 4 nitrogen and oxygen atoms in total. The quantitative estimate of drug-likeness (QED) is 0.694.